The summed E-state index contributed by atoms with van der Waals surface area (Å²) in [5.74, 6) is -0.142. The quantitative estimate of drug-likeness (QED) is 0.776. The van der Waals surface area contributed by atoms with E-state index in [9.17, 15) is 9.18 Å². The lowest BCUT2D eigenvalue weighted by Crippen LogP contribution is -2.27. The fourth-order valence-electron chi connectivity index (χ4n) is 1.55. The summed E-state index contributed by atoms with van der Waals surface area (Å²) in [6, 6.07) is 3.25. The molecule has 0 aliphatic heterocycles. The standard InChI is InChI=1S/C12H17FN2O/c1-3-10(8-15-9(2)16)6-11-4-5-14-12(13)7-11/h4-5,7,10H,3,6,8H2,1-2H3,(H,15,16). The minimum atomic E-state index is -0.452. The van der Waals surface area contributed by atoms with Gasteiger partial charge in [0.25, 0.3) is 0 Å². The molecule has 1 atom stereocenters. The molecule has 1 unspecified atom stereocenters. The van der Waals surface area contributed by atoms with E-state index in [-0.39, 0.29) is 5.91 Å². The van der Waals surface area contributed by atoms with Crippen molar-refractivity contribution < 1.29 is 9.18 Å². The molecule has 0 fully saturated rings. The van der Waals surface area contributed by atoms with Crippen LogP contribution < -0.4 is 5.32 Å². The van der Waals surface area contributed by atoms with E-state index in [0.29, 0.717) is 12.5 Å². The van der Waals surface area contributed by atoms with Crippen LogP contribution in [0.15, 0.2) is 18.3 Å². The molecule has 88 valence electrons. The number of hydrogen-bond donors (Lipinski definition) is 1. The molecule has 0 saturated carbocycles. The smallest absolute Gasteiger partial charge is 0.216 e. The number of aromatic nitrogens is 1. The first kappa shape index (κ1) is 12.6. The molecule has 0 aromatic carbocycles. The number of rotatable bonds is 5. The van der Waals surface area contributed by atoms with Crippen molar-refractivity contribution in [2.75, 3.05) is 6.54 Å². The van der Waals surface area contributed by atoms with E-state index < -0.39 is 5.95 Å². The van der Waals surface area contributed by atoms with Crippen molar-refractivity contribution in [2.24, 2.45) is 5.92 Å². The number of halogens is 1. The van der Waals surface area contributed by atoms with Crippen molar-refractivity contribution in [3.8, 4) is 0 Å². The Morgan fingerprint density at radius 3 is 2.94 bits per heavy atom. The second kappa shape index (κ2) is 6.20. The van der Waals surface area contributed by atoms with Crippen LogP contribution >= 0.6 is 0 Å². The lowest BCUT2D eigenvalue weighted by Gasteiger charge is -2.14. The fourth-order valence-corrected chi connectivity index (χ4v) is 1.55. The molecule has 16 heavy (non-hydrogen) atoms. The lowest BCUT2D eigenvalue weighted by molar-refractivity contribution is -0.119. The van der Waals surface area contributed by atoms with Crippen LogP contribution in [0.5, 0.6) is 0 Å². The lowest BCUT2D eigenvalue weighted by atomic mass is 9.97. The molecular weight excluding hydrogens is 207 g/mol. The zero-order valence-electron chi connectivity index (χ0n) is 9.66. The minimum absolute atomic E-state index is 0.0284. The van der Waals surface area contributed by atoms with Crippen molar-refractivity contribution >= 4 is 5.91 Å². The Kier molecular flexibility index (Phi) is 4.89. The third-order valence-corrected chi connectivity index (χ3v) is 2.53. The van der Waals surface area contributed by atoms with Gasteiger partial charge in [-0.05, 0) is 30.0 Å². The minimum Gasteiger partial charge on any atom is -0.356 e. The highest BCUT2D eigenvalue weighted by molar-refractivity contribution is 5.72. The molecule has 1 N–H and O–H groups in total. The summed E-state index contributed by atoms with van der Waals surface area (Å²) in [7, 11) is 0. The van der Waals surface area contributed by atoms with Crippen LogP contribution in [0.2, 0.25) is 0 Å². The van der Waals surface area contributed by atoms with Gasteiger partial charge in [-0.1, -0.05) is 13.3 Å². The number of nitrogens with one attached hydrogen (secondary N) is 1. The van der Waals surface area contributed by atoms with E-state index in [1.165, 1.54) is 19.2 Å². The number of carbonyl (C=O) groups is 1. The number of pyridine rings is 1. The highest BCUT2D eigenvalue weighted by atomic mass is 19.1. The molecule has 1 heterocycles. The van der Waals surface area contributed by atoms with Gasteiger partial charge >= 0.3 is 0 Å². The third kappa shape index (κ3) is 4.38. The summed E-state index contributed by atoms with van der Waals surface area (Å²) in [5, 5.41) is 2.78. The summed E-state index contributed by atoms with van der Waals surface area (Å²) >= 11 is 0. The van der Waals surface area contributed by atoms with Gasteiger partial charge in [0.2, 0.25) is 11.9 Å². The van der Waals surface area contributed by atoms with Gasteiger partial charge in [0, 0.05) is 19.7 Å². The molecular formula is C12H17FN2O. The molecule has 1 aromatic heterocycles. The Bertz CT molecular complexity index is 355. The van der Waals surface area contributed by atoms with Gasteiger partial charge in [-0.15, -0.1) is 0 Å². The molecule has 0 spiro atoms. The van der Waals surface area contributed by atoms with Crippen LogP contribution in [0, 0.1) is 11.9 Å². The molecule has 3 nitrogen and oxygen atoms in total. The van der Waals surface area contributed by atoms with Gasteiger partial charge in [0.15, 0.2) is 0 Å². The Morgan fingerprint density at radius 2 is 2.38 bits per heavy atom. The van der Waals surface area contributed by atoms with Crippen molar-refractivity contribution in [3.63, 3.8) is 0 Å². The maximum Gasteiger partial charge on any atom is 0.216 e. The Morgan fingerprint density at radius 1 is 1.62 bits per heavy atom. The van der Waals surface area contributed by atoms with Crippen molar-refractivity contribution in [3.05, 3.63) is 29.8 Å². The van der Waals surface area contributed by atoms with Gasteiger partial charge < -0.3 is 5.32 Å². The topological polar surface area (TPSA) is 42.0 Å². The number of hydrogen-bond acceptors (Lipinski definition) is 2. The molecule has 0 aliphatic carbocycles. The van der Waals surface area contributed by atoms with Gasteiger partial charge in [-0.25, -0.2) is 4.98 Å². The van der Waals surface area contributed by atoms with Crippen LogP contribution in [0.1, 0.15) is 25.8 Å². The SMILES string of the molecule is CCC(CNC(C)=O)Cc1ccnc(F)c1. The molecule has 1 rings (SSSR count). The maximum atomic E-state index is 12.9. The molecule has 4 heteroatoms. The Hall–Kier alpha value is -1.45. The van der Waals surface area contributed by atoms with Crippen LogP contribution in [0.3, 0.4) is 0 Å². The van der Waals surface area contributed by atoms with Crippen molar-refractivity contribution in [1.29, 1.82) is 0 Å². The van der Waals surface area contributed by atoms with E-state index in [1.807, 2.05) is 0 Å². The summed E-state index contributed by atoms with van der Waals surface area (Å²) in [6.45, 7) is 4.19. The zero-order chi connectivity index (χ0) is 12.0. The number of carbonyl (C=O) groups excluding carboxylic acids is 1. The first-order valence-electron chi connectivity index (χ1n) is 5.46. The fraction of sp³-hybridized carbons (Fsp3) is 0.500. The van der Waals surface area contributed by atoms with Crippen LogP contribution in [-0.2, 0) is 11.2 Å². The summed E-state index contributed by atoms with van der Waals surface area (Å²) in [5.41, 5.74) is 0.921. The summed E-state index contributed by atoms with van der Waals surface area (Å²) < 4.78 is 12.9. The predicted molar refractivity (Wildman–Crippen MR) is 60.4 cm³/mol. The summed E-state index contributed by atoms with van der Waals surface area (Å²) in [6.07, 6.45) is 3.18. The molecule has 1 aromatic rings. The van der Waals surface area contributed by atoms with Crippen molar-refractivity contribution in [2.45, 2.75) is 26.7 Å². The highest BCUT2D eigenvalue weighted by Crippen LogP contribution is 2.11. The van der Waals surface area contributed by atoms with E-state index in [1.54, 1.807) is 6.07 Å². The number of amides is 1. The van der Waals surface area contributed by atoms with E-state index in [0.717, 1.165) is 18.4 Å². The maximum absolute atomic E-state index is 12.9. The highest BCUT2D eigenvalue weighted by Gasteiger charge is 2.08. The first-order valence-corrected chi connectivity index (χ1v) is 5.46. The average molecular weight is 224 g/mol. The molecule has 0 bridgehead atoms. The third-order valence-electron chi connectivity index (χ3n) is 2.53. The van der Waals surface area contributed by atoms with Crippen LogP contribution in [0.4, 0.5) is 4.39 Å². The van der Waals surface area contributed by atoms with Gasteiger partial charge in [0.05, 0.1) is 0 Å². The van der Waals surface area contributed by atoms with Crippen LogP contribution in [0.25, 0.3) is 0 Å². The van der Waals surface area contributed by atoms with E-state index in [2.05, 4.69) is 17.2 Å². The molecule has 0 radical (unpaired) electrons. The summed E-state index contributed by atoms with van der Waals surface area (Å²) in [4.78, 5) is 14.3. The van der Waals surface area contributed by atoms with Crippen LogP contribution in [-0.4, -0.2) is 17.4 Å². The normalized spacial score (nSPS) is 12.2. The monoisotopic (exact) mass is 224 g/mol. The van der Waals surface area contributed by atoms with E-state index in [4.69, 9.17) is 0 Å². The van der Waals surface area contributed by atoms with Gasteiger partial charge in [-0.2, -0.15) is 4.39 Å². The number of nitrogens with zero attached hydrogens (tertiary/aromatic N) is 1. The van der Waals surface area contributed by atoms with Gasteiger partial charge in [-0.3, -0.25) is 4.79 Å². The second-order valence-electron chi connectivity index (χ2n) is 3.90. The zero-order valence-corrected chi connectivity index (χ0v) is 9.66. The van der Waals surface area contributed by atoms with Crippen molar-refractivity contribution in [1.82, 2.24) is 10.3 Å². The predicted octanol–water partition coefficient (Wildman–Crippen LogP) is 1.93. The molecule has 0 saturated heterocycles. The second-order valence-corrected chi connectivity index (χ2v) is 3.90. The Balaban J connectivity index is 2.52. The average Bonchev–Trinajstić information content (AvgIpc) is 2.24. The van der Waals surface area contributed by atoms with Gasteiger partial charge in [0.1, 0.15) is 0 Å². The largest absolute Gasteiger partial charge is 0.356 e. The molecule has 0 aliphatic rings. The first-order chi connectivity index (χ1) is 7.61. The Labute approximate surface area is 95.1 Å². The molecule has 1 amide bonds. The van der Waals surface area contributed by atoms with E-state index >= 15 is 0 Å².